The Morgan fingerprint density at radius 3 is 2.71 bits per heavy atom. The average molecular weight is 328 g/mol. The Hall–Kier alpha value is -1.57. The molecule has 6 nitrogen and oxygen atoms in total. The van der Waals surface area contributed by atoms with Crippen LogP contribution in [0.4, 0.5) is 0 Å². The molecule has 0 aromatic carbocycles. The van der Waals surface area contributed by atoms with E-state index in [1.165, 1.54) is 0 Å². The molecule has 21 heavy (non-hydrogen) atoms. The van der Waals surface area contributed by atoms with Crippen molar-refractivity contribution in [3.63, 3.8) is 0 Å². The van der Waals surface area contributed by atoms with Gasteiger partial charge in [-0.15, -0.1) is 0 Å². The van der Waals surface area contributed by atoms with Crippen LogP contribution in [0.2, 0.25) is 5.02 Å². The number of halogens is 1. The van der Waals surface area contributed by atoms with E-state index < -0.39 is 10.1 Å². The van der Waals surface area contributed by atoms with E-state index in [0.717, 1.165) is 16.8 Å². The Labute approximate surface area is 128 Å². The summed E-state index contributed by atoms with van der Waals surface area (Å²) in [4.78, 5) is 4.27. The summed E-state index contributed by atoms with van der Waals surface area (Å²) < 4.78 is 33.1. The fraction of sp³-hybridized carbons (Fsp3) is 0.308. The minimum atomic E-state index is -4.17. The number of hydrogen-bond acceptors (Lipinski definition) is 5. The number of pyridine rings is 1. The highest BCUT2D eigenvalue weighted by Gasteiger charge is 2.09. The van der Waals surface area contributed by atoms with Crippen LogP contribution >= 0.6 is 11.6 Å². The molecule has 0 aliphatic heterocycles. The van der Waals surface area contributed by atoms with E-state index in [2.05, 4.69) is 10.1 Å². The van der Waals surface area contributed by atoms with Crippen LogP contribution in [-0.2, 0) is 16.7 Å². The van der Waals surface area contributed by atoms with Gasteiger partial charge in [-0.1, -0.05) is 16.3 Å². The molecule has 112 valence electrons. The van der Waals surface area contributed by atoms with Gasteiger partial charge < -0.3 is 4.55 Å². The molecule has 2 aromatic heterocycles. The minimum Gasteiger partial charge on any atom is -0.748 e. The second kappa shape index (κ2) is 6.46. The first-order valence-electron chi connectivity index (χ1n) is 6.27. The first-order chi connectivity index (χ1) is 9.85. The lowest BCUT2D eigenvalue weighted by Crippen LogP contribution is -2.38. The Morgan fingerprint density at radius 1 is 1.38 bits per heavy atom. The van der Waals surface area contributed by atoms with E-state index in [-0.39, 0.29) is 12.2 Å². The van der Waals surface area contributed by atoms with Crippen molar-refractivity contribution in [2.24, 2.45) is 0 Å². The van der Waals surface area contributed by atoms with E-state index in [4.69, 9.17) is 11.6 Å². The summed E-state index contributed by atoms with van der Waals surface area (Å²) in [6.45, 7) is 2.28. The molecule has 0 fully saturated rings. The van der Waals surface area contributed by atoms with Gasteiger partial charge in [0.1, 0.15) is 6.20 Å². The van der Waals surface area contributed by atoms with Crippen molar-refractivity contribution in [3.8, 4) is 11.3 Å². The van der Waals surface area contributed by atoms with Gasteiger partial charge in [-0.25, -0.2) is 8.42 Å². The van der Waals surface area contributed by atoms with Gasteiger partial charge in [-0.05, 0) is 23.7 Å². The zero-order chi connectivity index (χ0) is 15.5. The van der Waals surface area contributed by atoms with Gasteiger partial charge in [0.25, 0.3) is 0 Å². The zero-order valence-corrected chi connectivity index (χ0v) is 12.9. The molecule has 0 saturated heterocycles. The van der Waals surface area contributed by atoms with Gasteiger partial charge in [0, 0.05) is 30.0 Å². The summed E-state index contributed by atoms with van der Waals surface area (Å²) in [6.07, 6.45) is 5.18. The van der Waals surface area contributed by atoms with Crippen molar-refractivity contribution in [1.82, 2.24) is 10.1 Å². The lowest BCUT2D eigenvalue weighted by Gasteiger charge is -2.05. The van der Waals surface area contributed by atoms with Crippen LogP contribution in [0.1, 0.15) is 12.0 Å². The second-order valence-electron chi connectivity index (χ2n) is 4.61. The highest BCUT2D eigenvalue weighted by atomic mass is 35.5. The maximum Gasteiger partial charge on any atom is 0.196 e. The SMILES string of the molecule is Cc1cc(Cl)cnc1-c1cc[n+](CCCS(=O)(=O)[O-])nc1. The molecule has 0 unspecified atom stereocenters. The maximum atomic E-state index is 10.5. The van der Waals surface area contributed by atoms with Crippen LogP contribution in [0.3, 0.4) is 0 Å². The average Bonchev–Trinajstić information content (AvgIpc) is 2.38. The topological polar surface area (TPSA) is 86.9 Å². The molecule has 0 aliphatic carbocycles. The Bertz CT molecular complexity index is 733. The molecule has 0 saturated carbocycles. The third-order valence-corrected chi connectivity index (χ3v) is 3.87. The van der Waals surface area contributed by atoms with Crippen LogP contribution in [0.15, 0.2) is 30.7 Å². The van der Waals surface area contributed by atoms with Gasteiger partial charge in [0.05, 0.1) is 20.8 Å². The Kier molecular flexibility index (Phi) is 4.87. The van der Waals surface area contributed by atoms with Crippen LogP contribution in [-0.4, -0.2) is 28.8 Å². The standard InChI is InChI=1S/C13H14ClN3O3S/c1-10-7-12(14)9-15-13(10)11-3-5-17(16-8-11)4-2-6-21(18,19)20/h3,5,7-9H,2,4,6H2,1H3. The number of nitrogens with zero attached hydrogens (tertiary/aromatic N) is 3. The Balaban J connectivity index is 2.08. The monoisotopic (exact) mass is 327 g/mol. The lowest BCUT2D eigenvalue weighted by molar-refractivity contribution is -0.753. The minimum absolute atomic E-state index is 0.237. The van der Waals surface area contributed by atoms with Crippen LogP contribution in [0.25, 0.3) is 11.3 Å². The molecule has 0 N–H and O–H groups in total. The predicted octanol–water partition coefficient (Wildman–Crippen LogP) is 1.33. The lowest BCUT2D eigenvalue weighted by atomic mass is 10.1. The Morgan fingerprint density at radius 2 is 2.14 bits per heavy atom. The second-order valence-corrected chi connectivity index (χ2v) is 6.57. The highest BCUT2D eigenvalue weighted by Crippen LogP contribution is 2.21. The third-order valence-electron chi connectivity index (χ3n) is 2.87. The van der Waals surface area contributed by atoms with E-state index >= 15 is 0 Å². The molecule has 0 atom stereocenters. The fourth-order valence-electron chi connectivity index (χ4n) is 1.90. The van der Waals surface area contributed by atoms with E-state index in [9.17, 15) is 13.0 Å². The first-order valence-corrected chi connectivity index (χ1v) is 8.22. The van der Waals surface area contributed by atoms with Crippen LogP contribution in [0, 0.1) is 6.92 Å². The highest BCUT2D eigenvalue weighted by molar-refractivity contribution is 7.85. The van der Waals surface area contributed by atoms with Crippen molar-refractivity contribution in [1.29, 1.82) is 0 Å². The quantitative estimate of drug-likeness (QED) is 0.610. The molecule has 2 aromatic rings. The number of rotatable bonds is 5. The van der Waals surface area contributed by atoms with Gasteiger partial charge in [-0.2, -0.15) is 0 Å². The fourth-order valence-corrected chi connectivity index (χ4v) is 2.60. The summed E-state index contributed by atoms with van der Waals surface area (Å²) in [5.74, 6) is -0.388. The van der Waals surface area contributed by atoms with E-state index in [0.29, 0.717) is 11.6 Å². The van der Waals surface area contributed by atoms with Crippen LogP contribution < -0.4 is 4.68 Å². The number of hydrogen-bond donors (Lipinski definition) is 0. The molecule has 0 spiro atoms. The van der Waals surface area contributed by atoms with Crippen molar-refractivity contribution >= 4 is 21.7 Å². The summed E-state index contributed by atoms with van der Waals surface area (Å²) in [7, 11) is -4.17. The number of aryl methyl sites for hydroxylation is 2. The first kappa shape index (κ1) is 15.8. The van der Waals surface area contributed by atoms with Crippen molar-refractivity contribution in [2.45, 2.75) is 19.9 Å². The molecule has 0 amide bonds. The van der Waals surface area contributed by atoms with Crippen molar-refractivity contribution < 1.29 is 17.7 Å². The van der Waals surface area contributed by atoms with Crippen molar-refractivity contribution in [3.05, 3.63) is 41.3 Å². The normalized spacial score (nSPS) is 11.6. The molecule has 0 radical (unpaired) electrons. The van der Waals surface area contributed by atoms with Gasteiger partial charge in [0.15, 0.2) is 12.7 Å². The van der Waals surface area contributed by atoms with E-state index in [1.807, 2.05) is 19.1 Å². The molecule has 8 heteroatoms. The van der Waals surface area contributed by atoms with Gasteiger partial charge in [0.2, 0.25) is 0 Å². The van der Waals surface area contributed by atoms with E-state index in [1.54, 1.807) is 23.3 Å². The molecule has 0 aliphatic rings. The zero-order valence-electron chi connectivity index (χ0n) is 11.4. The molecular weight excluding hydrogens is 314 g/mol. The predicted molar refractivity (Wildman–Crippen MR) is 76.6 cm³/mol. The molecular formula is C13H14ClN3O3S. The smallest absolute Gasteiger partial charge is 0.196 e. The number of aromatic nitrogens is 3. The molecule has 0 bridgehead atoms. The molecule has 2 heterocycles. The van der Waals surface area contributed by atoms with Gasteiger partial charge >= 0.3 is 0 Å². The van der Waals surface area contributed by atoms with Crippen LogP contribution in [0.5, 0.6) is 0 Å². The van der Waals surface area contributed by atoms with Gasteiger partial charge in [-0.3, -0.25) is 4.98 Å². The summed E-state index contributed by atoms with van der Waals surface area (Å²) in [6, 6.07) is 3.66. The summed E-state index contributed by atoms with van der Waals surface area (Å²) >= 11 is 5.87. The summed E-state index contributed by atoms with van der Waals surface area (Å²) in [5.41, 5.74) is 2.58. The summed E-state index contributed by atoms with van der Waals surface area (Å²) in [5, 5.41) is 4.76. The van der Waals surface area contributed by atoms with Crippen molar-refractivity contribution in [2.75, 3.05) is 5.75 Å². The third kappa shape index (κ3) is 4.73. The maximum absolute atomic E-state index is 10.5. The largest absolute Gasteiger partial charge is 0.748 e. The molecule has 2 rings (SSSR count).